The van der Waals surface area contributed by atoms with E-state index in [1.54, 1.807) is 42.9 Å². The van der Waals surface area contributed by atoms with Gasteiger partial charge in [0.05, 0.1) is 21.7 Å². The molecule has 0 saturated heterocycles. The predicted octanol–water partition coefficient (Wildman–Crippen LogP) is 3.55. The van der Waals surface area contributed by atoms with Crippen molar-refractivity contribution in [1.82, 2.24) is 20.1 Å². The van der Waals surface area contributed by atoms with Crippen LogP contribution in [0.1, 0.15) is 16.1 Å². The van der Waals surface area contributed by atoms with Gasteiger partial charge in [0.2, 0.25) is 0 Å². The monoisotopic (exact) mass is 377 g/mol. The lowest BCUT2D eigenvalue weighted by Gasteiger charge is -2.08. The van der Waals surface area contributed by atoms with E-state index in [4.69, 9.17) is 23.2 Å². The highest BCUT2D eigenvalue weighted by molar-refractivity contribution is 6.38. The second-order valence-corrected chi connectivity index (χ2v) is 6.13. The maximum atomic E-state index is 12.3. The van der Waals surface area contributed by atoms with Gasteiger partial charge in [-0.05, 0) is 25.1 Å². The van der Waals surface area contributed by atoms with Crippen molar-refractivity contribution in [2.45, 2.75) is 6.92 Å². The molecule has 3 aromatic rings. The normalized spacial score (nSPS) is 10.7. The molecule has 25 heavy (non-hydrogen) atoms. The van der Waals surface area contributed by atoms with Crippen LogP contribution in [0.15, 0.2) is 30.5 Å². The molecule has 7 nitrogen and oxygen atoms in total. The molecule has 0 atom stereocenters. The molecule has 0 fully saturated rings. The van der Waals surface area contributed by atoms with Gasteiger partial charge >= 0.3 is 6.03 Å². The third kappa shape index (κ3) is 3.42. The number of fused-ring (bicyclic) bond motifs is 1. The molecule has 0 saturated carbocycles. The highest BCUT2D eigenvalue weighted by atomic mass is 35.5. The van der Waals surface area contributed by atoms with Gasteiger partial charge in [-0.15, -0.1) is 0 Å². The van der Waals surface area contributed by atoms with Crippen LogP contribution in [0.5, 0.6) is 0 Å². The van der Waals surface area contributed by atoms with Crippen LogP contribution in [-0.2, 0) is 7.05 Å². The Labute approximate surface area is 152 Å². The number of aryl methyl sites for hydroxylation is 2. The maximum Gasteiger partial charge on any atom is 0.326 e. The number of nitrogens with zero attached hydrogens (tertiary/aromatic N) is 3. The van der Waals surface area contributed by atoms with Crippen LogP contribution in [-0.4, -0.2) is 26.7 Å². The van der Waals surface area contributed by atoms with Gasteiger partial charge in [0.25, 0.3) is 5.91 Å². The van der Waals surface area contributed by atoms with Gasteiger partial charge < -0.3 is 5.32 Å². The molecule has 0 spiro atoms. The van der Waals surface area contributed by atoms with E-state index in [2.05, 4.69) is 20.7 Å². The number of halogens is 2. The Hall–Kier alpha value is -2.64. The highest BCUT2D eigenvalue weighted by Crippen LogP contribution is 2.28. The molecular weight excluding hydrogens is 365 g/mol. The number of hydrogen-bond donors (Lipinski definition) is 2. The van der Waals surface area contributed by atoms with Gasteiger partial charge in [-0.2, -0.15) is 5.10 Å². The molecule has 0 aliphatic rings. The third-order valence-electron chi connectivity index (χ3n) is 3.52. The quantitative estimate of drug-likeness (QED) is 0.714. The number of imide groups is 1. The fourth-order valence-electron chi connectivity index (χ4n) is 2.43. The number of benzene rings is 1. The molecule has 0 bridgehead atoms. The number of rotatable bonds is 2. The van der Waals surface area contributed by atoms with Crippen LogP contribution in [0.3, 0.4) is 0 Å². The molecule has 128 valence electrons. The Kier molecular flexibility index (Phi) is 4.61. The fourth-order valence-corrected chi connectivity index (χ4v) is 2.97. The first-order chi connectivity index (χ1) is 11.9. The van der Waals surface area contributed by atoms with Crippen LogP contribution < -0.4 is 10.6 Å². The number of aromatic nitrogens is 3. The van der Waals surface area contributed by atoms with Crippen molar-refractivity contribution < 1.29 is 9.59 Å². The molecule has 3 rings (SSSR count). The first-order valence-electron chi connectivity index (χ1n) is 7.22. The van der Waals surface area contributed by atoms with Crippen LogP contribution >= 0.6 is 23.2 Å². The predicted molar refractivity (Wildman–Crippen MR) is 96.2 cm³/mol. The molecular formula is C16H13Cl2N5O2. The number of amides is 3. The zero-order chi connectivity index (χ0) is 18.1. The van der Waals surface area contributed by atoms with E-state index in [1.807, 2.05) is 0 Å². The molecule has 9 heteroatoms. The van der Waals surface area contributed by atoms with E-state index < -0.39 is 11.9 Å². The van der Waals surface area contributed by atoms with Crippen LogP contribution in [0.2, 0.25) is 10.0 Å². The Balaban J connectivity index is 1.81. The summed E-state index contributed by atoms with van der Waals surface area (Å²) in [7, 11) is 1.73. The number of carbonyl (C=O) groups excluding carboxylic acids is 2. The van der Waals surface area contributed by atoms with Crippen LogP contribution in [0, 0.1) is 6.92 Å². The van der Waals surface area contributed by atoms with E-state index in [1.165, 1.54) is 6.20 Å². The second-order valence-electron chi connectivity index (χ2n) is 5.31. The maximum absolute atomic E-state index is 12.3. The minimum Gasteiger partial charge on any atom is -0.308 e. The summed E-state index contributed by atoms with van der Waals surface area (Å²) in [5, 5.41) is 10.2. The van der Waals surface area contributed by atoms with Gasteiger partial charge in [0.1, 0.15) is 0 Å². The minimum atomic E-state index is -0.702. The smallest absolute Gasteiger partial charge is 0.308 e. The largest absolute Gasteiger partial charge is 0.326 e. The first-order valence-corrected chi connectivity index (χ1v) is 7.98. The summed E-state index contributed by atoms with van der Waals surface area (Å²) in [6.45, 7) is 1.77. The summed E-state index contributed by atoms with van der Waals surface area (Å²) in [6.07, 6.45) is 1.31. The standard InChI is InChI=1S/C16H13Cl2N5O2/c1-8-12-13(18)11(7-19-14(12)23(2)22-8)15(24)21-16(25)20-10-5-3-4-9(17)6-10/h3-7H,1-2H3,(H2,20,21,24,25). The number of hydrogen-bond acceptors (Lipinski definition) is 4. The summed E-state index contributed by atoms with van der Waals surface area (Å²) in [5.74, 6) is -0.665. The summed E-state index contributed by atoms with van der Waals surface area (Å²) in [4.78, 5) is 28.5. The Bertz CT molecular complexity index is 1000. The Morgan fingerprint density at radius 2 is 2.00 bits per heavy atom. The topological polar surface area (TPSA) is 88.9 Å². The van der Waals surface area contributed by atoms with E-state index in [9.17, 15) is 9.59 Å². The molecule has 1 aromatic carbocycles. The van der Waals surface area contributed by atoms with E-state index in [-0.39, 0.29) is 10.6 Å². The van der Waals surface area contributed by atoms with Gasteiger partial charge in [-0.3, -0.25) is 14.8 Å². The summed E-state index contributed by atoms with van der Waals surface area (Å²) < 4.78 is 1.57. The molecule has 2 aromatic heterocycles. The van der Waals surface area contributed by atoms with Crippen molar-refractivity contribution in [3.63, 3.8) is 0 Å². The molecule has 3 amide bonds. The van der Waals surface area contributed by atoms with Crippen molar-refractivity contribution in [2.24, 2.45) is 7.05 Å². The molecule has 2 heterocycles. The summed E-state index contributed by atoms with van der Waals surface area (Å²) >= 11 is 12.2. The van der Waals surface area contributed by atoms with E-state index >= 15 is 0 Å². The SMILES string of the molecule is Cc1nn(C)c2ncc(C(=O)NC(=O)Nc3cccc(Cl)c3)c(Cl)c12. The first kappa shape index (κ1) is 17.2. The van der Waals surface area contributed by atoms with Gasteiger partial charge in [-0.25, -0.2) is 9.78 Å². The van der Waals surface area contributed by atoms with Crippen molar-refractivity contribution >= 4 is 51.9 Å². The van der Waals surface area contributed by atoms with Gasteiger partial charge in [0.15, 0.2) is 5.65 Å². The summed E-state index contributed by atoms with van der Waals surface area (Å²) in [6, 6.07) is 5.86. The van der Waals surface area contributed by atoms with Crippen molar-refractivity contribution in [1.29, 1.82) is 0 Å². The average molecular weight is 378 g/mol. The lowest BCUT2D eigenvalue weighted by Crippen LogP contribution is -2.34. The number of pyridine rings is 1. The lowest BCUT2D eigenvalue weighted by molar-refractivity contribution is 0.0967. The Morgan fingerprint density at radius 1 is 1.24 bits per heavy atom. The number of urea groups is 1. The molecule has 0 aliphatic carbocycles. The molecule has 0 aliphatic heterocycles. The highest BCUT2D eigenvalue weighted by Gasteiger charge is 2.19. The van der Waals surface area contributed by atoms with Crippen molar-refractivity contribution in [2.75, 3.05) is 5.32 Å². The van der Waals surface area contributed by atoms with Gasteiger partial charge in [-0.1, -0.05) is 29.3 Å². The van der Waals surface area contributed by atoms with Crippen molar-refractivity contribution in [3.8, 4) is 0 Å². The van der Waals surface area contributed by atoms with Crippen LogP contribution in [0.25, 0.3) is 11.0 Å². The van der Waals surface area contributed by atoms with E-state index in [0.717, 1.165) is 0 Å². The van der Waals surface area contributed by atoms with E-state index in [0.29, 0.717) is 27.4 Å². The number of anilines is 1. The fraction of sp³-hybridized carbons (Fsp3) is 0.125. The zero-order valence-corrected chi connectivity index (χ0v) is 14.8. The van der Waals surface area contributed by atoms with Gasteiger partial charge in [0, 0.05) is 24.0 Å². The third-order valence-corrected chi connectivity index (χ3v) is 4.15. The van der Waals surface area contributed by atoms with Crippen molar-refractivity contribution in [3.05, 3.63) is 51.8 Å². The number of carbonyl (C=O) groups is 2. The van der Waals surface area contributed by atoms with Crippen LogP contribution in [0.4, 0.5) is 10.5 Å². The number of nitrogens with one attached hydrogen (secondary N) is 2. The molecule has 0 radical (unpaired) electrons. The minimum absolute atomic E-state index is 0.0894. The summed E-state index contributed by atoms with van der Waals surface area (Å²) in [5.41, 5.74) is 1.75. The molecule has 0 unspecified atom stereocenters. The zero-order valence-electron chi connectivity index (χ0n) is 13.3. The lowest BCUT2D eigenvalue weighted by atomic mass is 10.2. The average Bonchev–Trinajstić information content (AvgIpc) is 2.82. The molecule has 2 N–H and O–H groups in total. The Morgan fingerprint density at radius 3 is 2.72 bits per heavy atom. The second kappa shape index (κ2) is 6.70.